The minimum atomic E-state index is -3.43. The number of hydrogen-bond donors (Lipinski definition) is 2. The first-order valence-electron chi connectivity index (χ1n) is 6.13. The van der Waals surface area contributed by atoms with Crippen LogP contribution in [-0.2, 0) is 9.84 Å². The Morgan fingerprint density at radius 1 is 1.29 bits per heavy atom. The van der Waals surface area contributed by atoms with E-state index < -0.39 is 14.6 Å². The van der Waals surface area contributed by atoms with Crippen molar-refractivity contribution in [3.05, 3.63) is 28.7 Å². The Balaban J connectivity index is 0.00000400. The molecule has 21 heavy (non-hydrogen) atoms. The molecule has 1 aromatic carbocycles. The Hall–Kier alpha value is -0.350. The fourth-order valence-electron chi connectivity index (χ4n) is 1.60. The standard InChI is InChI=1S/C13H20BrN3O2S.HI/c1-13(2,9-17-12(15-3)16-4)20(18,19)11-7-5-10(14)6-8-11;/h5-8H,9H2,1-4H3,(H2,15,16,17);1H. The predicted molar refractivity (Wildman–Crippen MR) is 101 cm³/mol. The summed E-state index contributed by atoms with van der Waals surface area (Å²) in [5, 5.41) is 5.86. The van der Waals surface area contributed by atoms with Gasteiger partial charge in [-0.1, -0.05) is 15.9 Å². The fraction of sp³-hybridized carbons (Fsp3) is 0.462. The number of hydrogen-bond acceptors (Lipinski definition) is 3. The van der Waals surface area contributed by atoms with Crippen molar-refractivity contribution in [2.24, 2.45) is 4.99 Å². The van der Waals surface area contributed by atoms with E-state index in [1.165, 1.54) is 0 Å². The lowest BCUT2D eigenvalue weighted by molar-refractivity contribution is 0.539. The third kappa shape index (κ3) is 5.10. The molecule has 0 fully saturated rings. The highest BCUT2D eigenvalue weighted by molar-refractivity contribution is 14.0. The minimum Gasteiger partial charge on any atom is -0.359 e. The van der Waals surface area contributed by atoms with E-state index in [0.717, 1.165) is 4.47 Å². The van der Waals surface area contributed by atoms with Crippen molar-refractivity contribution in [1.82, 2.24) is 10.6 Å². The van der Waals surface area contributed by atoms with E-state index in [1.807, 2.05) is 0 Å². The van der Waals surface area contributed by atoms with Gasteiger partial charge >= 0.3 is 0 Å². The van der Waals surface area contributed by atoms with E-state index >= 15 is 0 Å². The molecule has 0 saturated carbocycles. The average Bonchev–Trinajstić information content (AvgIpc) is 2.40. The molecule has 1 rings (SSSR count). The molecule has 8 heteroatoms. The Morgan fingerprint density at radius 3 is 2.24 bits per heavy atom. The summed E-state index contributed by atoms with van der Waals surface area (Å²) in [5.74, 6) is 0.559. The highest BCUT2D eigenvalue weighted by atomic mass is 127. The zero-order chi connectivity index (χ0) is 15.4. The highest BCUT2D eigenvalue weighted by Crippen LogP contribution is 2.26. The van der Waals surface area contributed by atoms with Crippen molar-refractivity contribution < 1.29 is 8.42 Å². The minimum absolute atomic E-state index is 0. The fourth-order valence-corrected chi connectivity index (χ4v) is 3.26. The van der Waals surface area contributed by atoms with E-state index in [-0.39, 0.29) is 30.5 Å². The van der Waals surface area contributed by atoms with Crippen molar-refractivity contribution in [3.8, 4) is 0 Å². The molecule has 0 spiro atoms. The summed E-state index contributed by atoms with van der Waals surface area (Å²) in [6.45, 7) is 3.65. The first kappa shape index (κ1) is 20.6. The van der Waals surface area contributed by atoms with Gasteiger partial charge in [-0.2, -0.15) is 0 Å². The topological polar surface area (TPSA) is 70.6 Å². The molecule has 0 heterocycles. The van der Waals surface area contributed by atoms with Gasteiger partial charge in [0, 0.05) is 25.1 Å². The van der Waals surface area contributed by atoms with Crippen molar-refractivity contribution in [2.75, 3.05) is 20.6 Å². The zero-order valence-electron chi connectivity index (χ0n) is 12.5. The number of nitrogens with zero attached hydrogens (tertiary/aromatic N) is 1. The van der Waals surface area contributed by atoms with E-state index in [0.29, 0.717) is 10.9 Å². The van der Waals surface area contributed by atoms with Crippen LogP contribution >= 0.6 is 39.9 Å². The highest BCUT2D eigenvalue weighted by Gasteiger charge is 2.35. The van der Waals surface area contributed by atoms with Crippen LogP contribution in [0.5, 0.6) is 0 Å². The molecule has 0 aliphatic carbocycles. The van der Waals surface area contributed by atoms with Gasteiger partial charge in [-0.05, 0) is 38.1 Å². The maximum Gasteiger partial charge on any atom is 0.190 e. The molecule has 0 aliphatic rings. The second-order valence-electron chi connectivity index (χ2n) is 4.89. The third-order valence-corrected chi connectivity index (χ3v) is 6.01. The second kappa shape index (κ2) is 8.33. The molecule has 0 saturated heterocycles. The van der Waals surface area contributed by atoms with Gasteiger partial charge in [0.15, 0.2) is 15.8 Å². The van der Waals surface area contributed by atoms with E-state index in [9.17, 15) is 8.42 Å². The predicted octanol–water partition coefficient (Wildman–Crippen LogP) is 2.41. The molecule has 5 nitrogen and oxygen atoms in total. The van der Waals surface area contributed by atoms with Crippen LogP contribution in [0.15, 0.2) is 38.6 Å². The molecule has 120 valence electrons. The first-order valence-corrected chi connectivity index (χ1v) is 8.41. The summed E-state index contributed by atoms with van der Waals surface area (Å²) in [6.07, 6.45) is 0. The third-order valence-electron chi connectivity index (χ3n) is 2.99. The Labute approximate surface area is 152 Å². The number of guanidine groups is 1. The van der Waals surface area contributed by atoms with Gasteiger partial charge in [0.2, 0.25) is 0 Å². The van der Waals surface area contributed by atoms with Crippen LogP contribution in [-0.4, -0.2) is 39.8 Å². The maximum absolute atomic E-state index is 12.6. The molecule has 0 radical (unpaired) electrons. The molecule has 0 bridgehead atoms. The van der Waals surface area contributed by atoms with Gasteiger partial charge in [-0.25, -0.2) is 8.42 Å². The van der Waals surface area contributed by atoms with Gasteiger partial charge in [-0.3, -0.25) is 4.99 Å². The molecule has 0 aromatic heterocycles. The number of rotatable bonds is 4. The SMILES string of the molecule is CN=C(NC)NCC(C)(C)S(=O)(=O)c1ccc(Br)cc1.I. The lowest BCUT2D eigenvalue weighted by Gasteiger charge is -2.26. The van der Waals surface area contributed by atoms with Crippen LogP contribution in [0.2, 0.25) is 0 Å². The molecular weight excluding hydrogens is 469 g/mol. The number of nitrogens with one attached hydrogen (secondary N) is 2. The summed E-state index contributed by atoms with van der Waals surface area (Å²) < 4.78 is 25.2. The second-order valence-corrected chi connectivity index (χ2v) is 8.39. The van der Waals surface area contributed by atoms with Crippen LogP contribution in [0.25, 0.3) is 0 Å². The van der Waals surface area contributed by atoms with Gasteiger partial charge in [-0.15, -0.1) is 24.0 Å². The number of benzene rings is 1. The average molecular weight is 490 g/mol. The summed E-state index contributed by atoms with van der Waals surface area (Å²) in [4.78, 5) is 4.28. The molecule has 0 atom stereocenters. The van der Waals surface area contributed by atoms with Crippen LogP contribution in [0.4, 0.5) is 0 Å². The van der Waals surface area contributed by atoms with Crippen molar-refractivity contribution >= 4 is 55.7 Å². The van der Waals surface area contributed by atoms with Crippen LogP contribution in [0.3, 0.4) is 0 Å². The van der Waals surface area contributed by atoms with Crippen LogP contribution < -0.4 is 10.6 Å². The monoisotopic (exact) mass is 489 g/mol. The summed E-state index contributed by atoms with van der Waals surface area (Å²) in [5.41, 5.74) is 0. The van der Waals surface area contributed by atoms with E-state index in [2.05, 4.69) is 31.6 Å². The molecule has 0 unspecified atom stereocenters. The number of sulfone groups is 1. The van der Waals surface area contributed by atoms with E-state index in [1.54, 1.807) is 52.2 Å². The van der Waals surface area contributed by atoms with Gasteiger partial charge in [0.1, 0.15) is 0 Å². The van der Waals surface area contributed by atoms with Crippen molar-refractivity contribution in [2.45, 2.75) is 23.5 Å². The molecular formula is C13H21BrIN3O2S. The van der Waals surface area contributed by atoms with Crippen molar-refractivity contribution in [3.63, 3.8) is 0 Å². The summed E-state index contributed by atoms with van der Waals surface area (Å²) in [6, 6.07) is 6.66. The molecule has 0 aliphatic heterocycles. The summed E-state index contributed by atoms with van der Waals surface area (Å²) in [7, 11) is -0.0718. The smallest absolute Gasteiger partial charge is 0.190 e. The summed E-state index contributed by atoms with van der Waals surface area (Å²) >= 11 is 3.30. The largest absolute Gasteiger partial charge is 0.359 e. The zero-order valence-corrected chi connectivity index (χ0v) is 17.2. The Bertz CT molecular complexity index is 586. The normalized spacial score (nSPS) is 12.5. The molecule has 2 N–H and O–H groups in total. The Kier molecular flexibility index (Phi) is 8.19. The molecule has 0 amide bonds. The van der Waals surface area contributed by atoms with Crippen LogP contribution in [0.1, 0.15) is 13.8 Å². The van der Waals surface area contributed by atoms with Gasteiger partial charge in [0.25, 0.3) is 0 Å². The first-order chi connectivity index (χ1) is 9.24. The van der Waals surface area contributed by atoms with Gasteiger partial charge < -0.3 is 10.6 Å². The number of aliphatic imine (C=N–C) groups is 1. The molecule has 1 aromatic rings. The maximum atomic E-state index is 12.6. The lowest BCUT2D eigenvalue weighted by Crippen LogP contribution is -2.47. The van der Waals surface area contributed by atoms with E-state index in [4.69, 9.17) is 0 Å². The van der Waals surface area contributed by atoms with Crippen molar-refractivity contribution in [1.29, 1.82) is 0 Å². The number of halogens is 2. The lowest BCUT2D eigenvalue weighted by atomic mass is 10.2. The quantitative estimate of drug-likeness (QED) is 0.387. The van der Waals surface area contributed by atoms with Crippen LogP contribution in [0, 0.1) is 0 Å². The Morgan fingerprint density at radius 2 is 1.81 bits per heavy atom. The van der Waals surface area contributed by atoms with Gasteiger partial charge in [0.05, 0.1) is 9.64 Å².